The summed E-state index contributed by atoms with van der Waals surface area (Å²) in [6.45, 7) is 4.68. The molecule has 0 atom stereocenters. The zero-order valence-electron chi connectivity index (χ0n) is 15.9. The van der Waals surface area contributed by atoms with Gasteiger partial charge in [-0.15, -0.1) is 0 Å². The van der Waals surface area contributed by atoms with E-state index in [-0.39, 0.29) is 5.91 Å². The molecule has 0 saturated heterocycles. The van der Waals surface area contributed by atoms with Gasteiger partial charge in [0.1, 0.15) is 18.1 Å². The highest BCUT2D eigenvalue weighted by Crippen LogP contribution is 2.25. The number of carbonyl (C=O) groups is 1. The molecule has 144 valence electrons. The van der Waals surface area contributed by atoms with E-state index in [2.05, 4.69) is 5.32 Å². The smallest absolute Gasteiger partial charge is 0.255 e. The van der Waals surface area contributed by atoms with Crippen molar-refractivity contribution in [2.24, 2.45) is 0 Å². The first kappa shape index (κ1) is 19.8. The number of halogens is 1. The van der Waals surface area contributed by atoms with Crippen molar-refractivity contribution in [2.45, 2.75) is 20.5 Å². The van der Waals surface area contributed by atoms with Crippen LogP contribution < -0.4 is 14.8 Å². The van der Waals surface area contributed by atoms with Gasteiger partial charge in [-0.25, -0.2) is 0 Å². The van der Waals surface area contributed by atoms with Crippen LogP contribution in [0.4, 0.5) is 5.69 Å². The topological polar surface area (TPSA) is 47.6 Å². The standard InChI is InChI=1S/C23H22ClNO3/c1-3-27-22-12-10-17(13-18(22)15-28-20-7-5-4-6-8-20)23(26)25-21-14-19(24)11-9-16(21)2/h4-14H,3,15H2,1-2H3,(H,25,26). The third kappa shape index (κ3) is 5.05. The summed E-state index contributed by atoms with van der Waals surface area (Å²) in [5.41, 5.74) is 2.96. The minimum absolute atomic E-state index is 0.214. The number of rotatable bonds is 7. The number of ether oxygens (including phenoxy) is 2. The lowest BCUT2D eigenvalue weighted by Crippen LogP contribution is -2.14. The molecule has 3 aromatic carbocycles. The van der Waals surface area contributed by atoms with Gasteiger partial charge >= 0.3 is 0 Å². The molecule has 3 aromatic rings. The first-order valence-corrected chi connectivity index (χ1v) is 9.45. The van der Waals surface area contributed by atoms with Crippen molar-refractivity contribution < 1.29 is 14.3 Å². The van der Waals surface area contributed by atoms with Crippen LogP contribution in [0.15, 0.2) is 66.7 Å². The average molecular weight is 396 g/mol. The van der Waals surface area contributed by atoms with Crippen molar-refractivity contribution in [1.29, 1.82) is 0 Å². The summed E-state index contributed by atoms with van der Waals surface area (Å²) < 4.78 is 11.5. The summed E-state index contributed by atoms with van der Waals surface area (Å²) in [6.07, 6.45) is 0. The number of para-hydroxylation sites is 1. The maximum atomic E-state index is 12.7. The van der Waals surface area contributed by atoms with E-state index in [0.717, 1.165) is 16.9 Å². The minimum Gasteiger partial charge on any atom is -0.493 e. The van der Waals surface area contributed by atoms with E-state index < -0.39 is 0 Å². The minimum atomic E-state index is -0.214. The third-order valence-corrected chi connectivity index (χ3v) is 4.44. The Morgan fingerprint density at radius 1 is 1.00 bits per heavy atom. The molecular formula is C23H22ClNO3. The van der Waals surface area contributed by atoms with E-state index in [0.29, 0.717) is 35.2 Å². The molecule has 0 unspecified atom stereocenters. The Balaban J connectivity index is 1.80. The van der Waals surface area contributed by atoms with Crippen LogP contribution in [0.25, 0.3) is 0 Å². The van der Waals surface area contributed by atoms with Gasteiger partial charge in [0.25, 0.3) is 5.91 Å². The van der Waals surface area contributed by atoms with Gasteiger partial charge in [0.2, 0.25) is 0 Å². The zero-order valence-corrected chi connectivity index (χ0v) is 16.6. The Kier molecular flexibility index (Phi) is 6.56. The summed E-state index contributed by atoms with van der Waals surface area (Å²) in [4.78, 5) is 12.7. The second kappa shape index (κ2) is 9.29. The SMILES string of the molecule is CCOc1ccc(C(=O)Nc2cc(Cl)ccc2C)cc1COc1ccccc1. The summed E-state index contributed by atoms with van der Waals surface area (Å²) in [7, 11) is 0. The van der Waals surface area contributed by atoms with Gasteiger partial charge in [-0.05, 0) is 61.9 Å². The highest BCUT2D eigenvalue weighted by atomic mass is 35.5. The zero-order chi connectivity index (χ0) is 19.9. The van der Waals surface area contributed by atoms with Crippen LogP contribution in [0.3, 0.4) is 0 Å². The van der Waals surface area contributed by atoms with Crippen LogP contribution in [0.1, 0.15) is 28.4 Å². The molecule has 0 aliphatic carbocycles. The van der Waals surface area contributed by atoms with Crippen LogP contribution in [0.2, 0.25) is 5.02 Å². The number of anilines is 1. The second-order valence-corrected chi connectivity index (χ2v) is 6.71. The Hall–Kier alpha value is -2.98. The first-order chi connectivity index (χ1) is 13.6. The lowest BCUT2D eigenvalue weighted by Gasteiger charge is -2.14. The summed E-state index contributed by atoms with van der Waals surface area (Å²) in [5, 5.41) is 3.49. The number of aryl methyl sites for hydroxylation is 1. The highest BCUT2D eigenvalue weighted by molar-refractivity contribution is 6.31. The van der Waals surface area contributed by atoms with E-state index in [1.165, 1.54) is 0 Å². The number of nitrogens with one attached hydrogen (secondary N) is 1. The Bertz CT molecular complexity index is 957. The molecule has 0 fully saturated rings. The summed E-state index contributed by atoms with van der Waals surface area (Å²) >= 11 is 6.04. The predicted molar refractivity (Wildman–Crippen MR) is 113 cm³/mol. The second-order valence-electron chi connectivity index (χ2n) is 6.27. The number of benzene rings is 3. The fraction of sp³-hybridized carbons (Fsp3) is 0.174. The van der Waals surface area contributed by atoms with Gasteiger partial charge in [0.15, 0.2) is 0 Å². The number of amides is 1. The number of hydrogen-bond donors (Lipinski definition) is 1. The van der Waals surface area contributed by atoms with Crippen molar-refractivity contribution >= 4 is 23.2 Å². The van der Waals surface area contributed by atoms with Gasteiger partial charge in [0.05, 0.1) is 6.61 Å². The molecule has 0 heterocycles. The van der Waals surface area contributed by atoms with Crippen LogP contribution in [0.5, 0.6) is 11.5 Å². The maximum absolute atomic E-state index is 12.7. The van der Waals surface area contributed by atoms with Gasteiger partial charge in [-0.2, -0.15) is 0 Å². The summed E-state index contributed by atoms with van der Waals surface area (Å²) in [5.74, 6) is 1.25. The molecule has 1 N–H and O–H groups in total. The molecule has 0 saturated carbocycles. The lowest BCUT2D eigenvalue weighted by atomic mass is 10.1. The Labute approximate surface area is 170 Å². The number of hydrogen-bond acceptors (Lipinski definition) is 3. The Morgan fingerprint density at radius 2 is 1.79 bits per heavy atom. The predicted octanol–water partition coefficient (Wildman–Crippen LogP) is 5.88. The van der Waals surface area contributed by atoms with E-state index >= 15 is 0 Å². The van der Waals surface area contributed by atoms with E-state index in [4.69, 9.17) is 21.1 Å². The molecule has 0 aromatic heterocycles. The normalized spacial score (nSPS) is 10.4. The molecule has 28 heavy (non-hydrogen) atoms. The molecule has 0 radical (unpaired) electrons. The van der Waals surface area contributed by atoms with Crippen molar-refractivity contribution in [3.8, 4) is 11.5 Å². The molecule has 0 aliphatic rings. The van der Waals surface area contributed by atoms with Crippen molar-refractivity contribution in [2.75, 3.05) is 11.9 Å². The van der Waals surface area contributed by atoms with Crippen molar-refractivity contribution in [1.82, 2.24) is 0 Å². The van der Waals surface area contributed by atoms with Crippen LogP contribution >= 0.6 is 11.6 Å². The average Bonchev–Trinajstić information content (AvgIpc) is 2.71. The van der Waals surface area contributed by atoms with Gasteiger partial charge < -0.3 is 14.8 Å². The molecule has 5 heteroatoms. The molecule has 0 aliphatic heterocycles. The molecule has 0 spiro atoms. The van der Waals surface area contributed by atoms with E-state index in [1.807, 2.05) is 50.2 Å². The first-order valence-electron chi connectivity index (χ1n) is 9.08. The van der Waals surface area contributed by atoms with E-state index in [1.54, 1.807) is 30.3 Å². The summed E-state index contributed by atoms with van der Waals surface area (Å²) in [6, 6.07) is 20.3. The quantitative estimate of drug-likeness (QED) is 0.543. The highest BCUT2D eigenvalue weighted by Gasteiger charge is 2.13. The van der Waals surface area contributed by atoms with Gasteiger partial charge in [-0.1, -0.05) is 35.9 Å². The molecule has 3 rings (SSSR count). The maximum Gasteiger partial charge on any atom is 0.255 e. The van der Waals surface area contributed by atoms with E-state index in [9.17, 15) is 4.79 Å². The van der Waals surface area contributed by atoms with Crippen molar-refractivity contribution in [3.05, 3.63) is 88.4 Å². The fourth-order valence-electron chi connectivity index (χ4n) is 2.73. The van der Waals surface area contributed by atoms with Gasteiger partial charge in [0, 0.05) is 21.8 Å². The number of carbonyl (C=O) groups excluding carboxylic acids is 1. The molecule has 0 bridgehead atoms. The van der Waals surface area contributed by atoms with Crippen molar-refractivity contribution in [3.63, 3.8) is 0 Å². The third-order valence-electron chi connectivity index (χ3n) is 4.21. The molecule has 4 nitrogen and oxygen atoms in total. The lowest BCUT2D eigenvalue weighted by molar-refractivity contribution is 0.102. The van der Waals surface area contributed by atoms with Crippen LogP contribution in [-0.4, -0.2) is 12.5 Å². The van der Waals surface area contributed by atoms with Crippen LogP contribution in [0, 0.1) is 6.92 Å². The monoisotopic (exact) mass is 395 g/mol. The molecule has 1 amide bonds. The molecular weight excluding hydrogens is 374 g/mol. The Morgan fingerprint density at radius 3 is 2.54 bits per heavy atom. The van der Waals surface area contributed by atoms with Crippen LogP contribution in [-0.2, 0) is 6.61 Å². The largest absolute Gasteiger partial charge is 0.493 e. The van der Waals surface area contributed by atoms with Gasteiger partial charge in [-0.3, -0.25) is 4.79 Å². The fourth-order valence-corrected chi connectivity index (χ4v) is 2.90.